The Hall–Kier alpha value is -1.22. The normalized spacial score (nSPS) is 22.3. The van der Waals surface area contributed by atoms with Crippen molar-refractivity contribution >= 4 is 0 Å². The maximum absolute atomic E-state index is 5.79. The smallest absolute Gasteiger partial charge is 0.161 e. The van der Waals surface area contributed by atoms with Crippen molar-refractivity contribution in [3.63, 3.8) is 0 Å². The highest BCUT2D eigenvalue weighted by Gasteiger charge is 2.45. The van der Waals surface area contributed by atoms with Crippen molar-refractivity contribution in [3.8, 4) is 11.5 Å². The maximum Gasteiger partial charge on any atom is 0.161 e. The van der Waals surface area contributed by atoms with E-state index in [1.54, 1.807) is 0 Å². The second kappa shape index (κ2) is 6.27. The van der Waals surface area contributed by atoms with Crippen molar-refractivity contribution in [1.82, 2.24) is 5.32 Å². The van der Waals surface area contributed by atoms with E-state index in [9.17, 15) is 0 Å². The summed E-state index contributed by atoms with van der Waals surface area (Å²) < 4.78 is 11.5. The number of hydrogen-bond acceptors (Lipinski definition) is 3. The number of nitrogens with one attached hydrogen (secondary N) is 1. The summed E-state index contributed by atoms with van der Waals surface area (Å²) in [6.07, 6.45) is 2.38. The molecule has 0 bridgehead atoms. The Morgan fingerprint density at radius 3 is 2.29 bits per heavy atom. The van der Waals surface area contributed by atoms with Crippen LogP contribution >= 0.6 is 0 Å². The number of hydrogen-bond donors (Lipinski definition) is 1. The number of rotatable bonds is 5. The highest BCUT2D eigenvalue weighted by molar-refractivity contribution is 5.46. The molecule has 0 spiro atoms. The summed E-state index contributed by atoms with van der Waals surface area (Å²) in [4.78, 5) is 0. The Morgan fingerprint density at radius 2 is 1.76 bits per heavy atom. The molecular formula is C18H29NO2. The van der Waals surface area contributed by atoms with Crippen molar-refractivity contribution < 1.29 is 9.47 Å². The maximum atomic E-state index is 5.79. The van der Waals surface area contributed by atoms with Gasteiger partial charge in [0, 0.05) is 5.54 Å². The summed E-state index contributed by atoms with van der Waals surface area (Å²) in [5, 5.41) is 3.75. The van der Waals surface area contributed by atoms with Crippen LogP contribution in [0.3, 0.4) is 0 Å². The summed E-state index contributed by atoms with van der Waals surface area (Å²) >= 11 is 0. The molecule has 1 atom stereocenters. The second-order valence-electron chi connectivity index (χ2n) is 6.71. The van der Waals surface area contributed by atoms with E-state index < -0.39 is 0 Å². The molecule has 1 fully saturated rings. The molecule has 2 rings (SSSR count). The molecule has 3 heteroatoms. The van der Waals surface area contributed by atoms with Crippen LogP contribution < -0.4 is 14.8 Å². The lowest BCUT2D eigenvalue weighted by Gasteiger charge is -2.43. The van der Waals surface area contributed by atoms with Gasteiger partial charge in [-0.1, -0.05) is 26.8 Å². The van der Waals surface area contributed by atoms with Gasteiger partial charge in [0.25, 0.3) is 0 Å². The summed E-state index contributed by atoms with van der Waals surface area (Å²) in [6.45, 7) is 13.3. The van der Waals surface area contributed by atoms with Gasteiger partial charge in [-0.05, 0) is 56.3 Å². The summed E-state index contributed by atoms with van der Waals surface area (Å²) in [6, 6.07) is 6.41. The van der Waals surface area contributed by atoms with Crippen molar-refractivity contribution in [2.45, 2.75) is 53.0 Å². The SMILES string of the molecule is CCOc1ccc(C2(C(C)(C)C)CCCN2)cc1OCC. The number of ether oxygens (including phenoxy) is 2. The first-order chi connectivity index (χ1) is 9.94. The third kappa shape index (κ3) is 3.03. The van der Waals surface area contributed by atoms with Gasteiger partial charge in [0.1, 0.15) is 0 Å². The van der Waals surface area contributed by atoms with E-state index in [4.69, 9.17) is 9.47 Å². The molecular weight excluding hydrogens is 262 g/mol. The molecule has 0 aromatic heterocycles. The zero-order valence-electron chi connectivity index (χ0n) is 14.1. The molecule has 21 heavy (non-hydrogen) atoms. The Balaban J connectivity index is 2.45. The lowest BCUT2D eigenvalue weighted by Crippen LogP contribution is -2.48. The van der Waals surface area contributed by atoms with Crippen LogP contribution in [0, 0.1) is 5.41 Å². The molecule has 1 unspecified atom stereocenters. The van der Waals surface area contributed by atoms with Crippen LogP contribution in [-0.2, 0) is 5.54 Å². The van der Waals surface area contributed by atoms with Crippen LogP contribution in [0.1, 0.15) is 53.0 Å². The van der Waals surface area contributed by atoms with Crippen molar-refractivity contribution in [1.29, 1.82) is 0 Å². The lowest BCUT2D eigenvalue weighted by molar-refractivity contribution is 0.160. The predicted octanol–water partition coefficient (Wildman–Crippen LogP) is 4.11. The minimum atomic E-state index is 0.0175. The van der Waals surface area contributed by atoms with Crippen molar-refractivity contribution in [3.05, 3.63) is 23.8 Å². The van der Waals surface area contributed by atoms with E-state index in [1.807, 2.05) is 13.8 Å². The first kappa shape index (κ1) is 16.2. The van der Waals surface area contributed by atoms with Gasteiger partial charge < -0.3 is 14.8 Å². The van der Waals surface area contributed by atoms with Gasteiger partial charge in [-0.15, -0.1) is 0 Å². The molecule has 0 aliphatic carbocycles. The highest BCUT2D eigenvalue weighted by atomic mass is 16.5. The minimum absolute atomic E-state index is 0.0175. The van der Waals surface area contributed by atoms with Crippen molar-refractivity contribution in [2.24, 2.45) is 5.41 Å². The van der Waals surface area contributed by atoms with Gasteiger partial charge in [-0.25, -0.2) is 0 Å². The van der Waals surface area contributed by atoms with E-state index in [1.165, 1.54) is 12.0 Å². The van der Waals surface area contributed by atoms with Crippen LogP contribution in [-0.4, -0.2) is 19.8 Å². The van der Waals surface area contributed by atoms with Gasteiger partial charge in [0.2, 0.25) is 0 Å². The summed E-state index contributed by atoms with van der Waals surface area (Å²) in [7, 11) is 0. The molecule has 1 heterocycles. The monoisotopic (exact) mass is 291 g/mol. The topological polar surface area (TPSA) is 30.5 Å². The fraction of sp³-hybridized carbons (Fsp3) is 0.667. The Bertz CT molecular complexity index is 471. The Morgan fingerprint density at radius 1 is 1.10 bits per heavy atom. The molecule has 1 N–H and O–H groups in total. The lowest BCUT2D eigenvalue weighted by atomic mass is 9.68. The van der Waals surface area contributed by atoms with Crippen LogP contribution in [0.5, 0.6) is 11.5 Å². The van der Waals surface area contributed by atoms with Gasteiger partial charge in [-0.3, -0.25) is 0 Å². The zero-order valence-corrected chi connectivity index (χ0v) is 14.1. The molecule has 1 aromatic carbocycles. The fourth-order valence-corrected chi connectivity index (χ4v) is 3.38. The summed E-state index contributed by atoms with van der Waals surface area (Å²) in [5.74, 6) is 1.69. The van der Waals surface area contributed by atoms with Gasteiger partial charge in [0.05, 0.1) is 13.2 Å². The predicted molar refractivity (Wildman–Crippen MR) is 87.1 cm³/mol. The van der Waals surface area contributed by atoms with Gasteiger partial charge in [-0.2, -0.15) is 0 Å². The summed E-state index contributed by atoms with van der Waals surface area (Å²) in [5.41, 5.74) is 1.48. The van der Waals surface area contributed by atoms with E-state index in [-0.39, 0.29) is 11.0 Å². The van der Waals surface area contributed by atoms with Crippen molar-refractivity contribution in [2.75, 3.05) is 19.8 Å². The standard InChI is InChI=1S/C18H29NO2/c1-6-20-15-10-9-14(13-16(15)21-7-2)18(17(3,4)5)11-8-12-19-18/h9-10,13,19H,6-8,11-12H2,1-5H3. The van der Waals surface area contributed by atoms with Gasteiger partial charge in [0.15, 0.2) is 11.5 Å². The molecule has 0 saturated carbocycles. The van der Waals surface area contributed by atoms with Crippen LogP contribution in [0.2, 0.25) is 0 Å². The molecule has 118 valence electrons. The minimum Gasteiger partial charge on any atom is -0.490 e. The molecule has 0 amide bonds. The Kier molecular flexibility index (Phi) is 4.82. The quantitative estimate of drug-likeness (QED) is 0.885. The zero-order chi connectivity index (χ0) is 15.5. The van der Waals surface area contributed by atoms with E-state index in [0.29, 0.717) is 13.2 Å². The highest BCUT2D eigenvalue weighted by Crippen LogP contribution is 2.47. The molecule has 0 radical (unpaired) electrons. The Labute approximate surface area is 129 Å². The average molecular weight is 291 g/mol. The fourth-order valence-electron chi connectivity index (χ4n) is 3.38. The van der Waals surface area contributed by atoms with Crippen LogP contribution in [0.15, 0.2) is 18.2 Å². The second-order valence-corrected chi connectivity index (χ2v) is 6.71. The molecule has 1 aliphatic heterocycles. The molecule has 1 aromatic rings. The average Bonchev–Trinajstić information content (AvgIpc) is 2.91. The third-order valence-corrected chi connectivity index (χ3v) is 4.47. The van der Waals surface area contributed by atoms with E-state index in [0.717, 1.165) is 24.5 Å². The first-order valence-electron chi connectivity index (χ1n) is 8.09. The molecule has 3 nitrogen and oxygen atoms in total. The van der Waals surface area contributed by atoms with Gasteiger partial charge >= 0.3 is 0 Å². The first-order valence-corrected chi connectivity index (χ1v) is 8.09. The molecule has 1 saturated heterocycles. The largest absolute Gasteiger partial charge is 0.490 e. The number of benzene rings is 1. The third-order valence-electron chi connectivity index (χ3n) is 4.47. The van der Waals surface area contributed by atoms with E-state index in [2.05, 4.69) is 44.3 Å². The van der Waals surface area contributed by atoms with E-state index >= 15 is 0 Å². The molecule has 1 aliphatic rings. The van der Waals surface area contributed by atoms with Crippen LogP contribution in [0.25, 0.3) is 0 Å². The van der Waals surface area contributed by atoms with Crippen LogP contribution in [0.4, 0.5) is 0 Å².